The smallest absolute Gasteiger partial charge is 0.139 e. The number of halogens is 1. The van der Waals surface area contributed by atoms with E-state index in [1.807, 2.05) is 31.2 Å². The van der Waals surface area contributed by atoms with Crippen molar-refractivity contribution < 1.29 is 4.39 Å². The van der Waals surface area contributed by atoms with E-state index in [4.69, 9.17) is 5.73 Å². The van der Waals surface area contributed by atoms with Crippen LogP contribution in [-0.2, 0) is 6.54 Å². The number of hydrogen-bond donors (Lipinski definition) is 1. The molecule has 3 rings (SSSR count). The van der Waals surface area contributed by atoms with Gasteiger partial charge in [-0.05, 0) is 19.1 Å². The lowest BCUT2D eigenvalue weighted by Crippen LogP contribution is -2.02. The van der Waals surface area contributed by atoms with Crippen LogP contribution in [0.25, 0.3) is 16.9 Å². The second-order valence-electron chi connectivity index (χ2n) is 4.55. The number of aromatic nitrogens is 2. The minimum absolute atomic E-state index is 0.296. The molecule has 4 heteroatoms. The number of benzene rings is 1. The molecule has 2 aromatic heterocycles. The van der Waals surface area contributed by atoms with Crippen LogP contribution in [0.5, 0.6) is 0 Å². The normalized spacial score (nSPS) is 11.1. The largest absolute Gasteiger partial charge is 0.325 e. The van der Waals surface area contributed by atoms with E-state index in [-0.39, 0.29) is 5.82 Å². The molecule has 1 aromatic carbocycles. The van der Waals surface area contributed by atoms with Gasteiger partial charge in [0.05, 0.1) is 11.4 Å². The van der Waals surface area contributed by atoms with Gasteiger partial charge in [0.15, 0.2) is 0 Å². The van der Waals surface area contributed by atoms with Crippen molar-refractivity contribution in [2.45, 2.75) is 13.5 Å². The molecule has 0 bridgehead atoms. The molecule has 96 valence electrons. The highest BCUT2D eigenvalue weighted by Crippen LogP contribution is 2.24. The van der Waals surface area contributed by atoms with Gasteiger partial charge >= 0.3 is 0 Å². The topological polar surface area (TPSA) is 43.3 Å². The van der Waals surface area contributed by atoms with Gasteiger partial charge in [-0.25, -0.2) is 9.37 Å². The van der Waals surface area contributed by atoms with Gasteiger partial charge in [0.25, 0.3) is 0 Å². The highest BCUT2D eigenvalue weighted by Gasteiger charge is 2.12. The Balaban J connectivity index is 2.25. The molecule has 2 heterocycles. The predicted octanol–water partition coefficient (Wildman–Crippen LogP) is 2.91. The van der Waals surface area contributed by atoms with Crippen molar-refractivity contribution >= 4 is 5.65 Å². The van der Waals surface area contributed by atoms with Gasteiger partial charge in [-0.15, -0.1) is 0 Å². The van der Waals surface area contributed by atoms with Crippen LogP contribution < -0.4 is 5.73 Å². The fraction of sp³-hybridized carbons (Fsp3) is 0.133. The number of nitrogens with zero attached hydrogens (tertiary/aromatic N) is 2. The maximum Gasteiger partial charge on any atom is 0.139 e. The maximum absolute atomic E-state index is 13.3. The number of imidazole rings is 1. The fourth-order valence-corrected chi connectivity index (χ4v) is 2.21. The molecule has 0 radical (unpaired) electrons. The van der Waals surface area contributed by atoms with Crippen LogP contribution in [-0.4, -0.2) is 9.38 Å². The van der Waals surface area contributed by atoms with Gasteiger partial charge in [0, 0.05) is 18.3 Å². The highest BCUT2D eigenvalue weighted by molar-refractivity contribution is 5.66. The van der Waals surface area contributed by atoms with E-state index in [1.54, 1.807) is 10.5 Å². The first-order chi connectivity index (χ1) is 9.19. The lowest BCUT2D eigenvalue weighted by atomic mass is 10.1. The van der Waals surface area contributed by atoms with Crippen molar-refractivity contribution in [3.05, 3.63) is 59.7 Å². The Hall–Kier alpha value is -2.20. The molecule has 0 spiro atoms. The maximum atomic E-state index is 13.3. The van der Waals surface area contributed by atoms with Crippen molar-refractivity contribution in [3.63, 3.8) is 0 Å². The number of hydrogen-bond acceptors (Lipinski definition) is 2. The second kappa shape index (κ2) is 4.48. The Morgan fingerprint density at radius 3 is 2.58 bits per heavy atom. The Morgan fingerprint density at radius 1 is 1.16 bits per heavy atom. The molecule has 0 amide bonds. The molecule has 0 saturated carbocycles. The van der Waals surface area contributed by atoms with Crippen LogP contribution in [0.4, 0.5) is 4.39 Å². The number of nitrogens with two attached hydrogens (primary N) is 1. The number of fused-ring (bicyclic) bond motifs is 1. The summed E-state index contributed by atoms with van der Waals surface area (Å²) in [5, 5.41) is 0. The molecular formula is C15H14FN3. The zero-order valence-electron chi connectivity index (χ0n) is 10.6. The van der Waals surface area contributed by atoms with Gasteiger partial charge in [0.2, 0.25) is 0 Å². The van der Waals surface area contributed by atoms with Crippen LogP contribution in [0.2, 0.25) is 0 Å². The predicted molar refractivity (Wildman–Crippen MR) is 73.2 cm³/mol. The van der Waals surface area contributed by atoms with E-state index in [0.717, 1.165) is 17.0 Å². The van der Waals surface area contributed by atoms with Crippen LogP contribution in [0, 0.1) is 12.7 Å². The third-order valence-electron chi connectivity index (χ3n) is 3.20. The first kappa shape index (κ1) is 11.9. The van der Waals surface area contributed by atoms with E-state index in [9.17, 15) is 4.39 Å². The molecule has 19 heavy (non-hydrogen) atoms. The van der Waals surface area contributed by atoms with Crippen LogP contribution >= 0.6 is 0 Å². The van der Waals surface area contributed by atoms with Gasteiger partial charge in [-0.1, -0.05) is 29.8 Å². The molecule has 0 atom stereocenters. The van der Waals surface area contributed by atoms with E-state index in [2.05, 4.69) is 4.98 Å². The lowest BCUT2D eigenvalue weighted by Gasteiger charge is -2.03. The quantitative estimate of drug-likeness (QED) is 0.765. The molecule has 0 unspecified atom stereocenters. The molecular weight excluding hydrogens is 241 g/mol. The van der Waals surface area contributed by atoms with Crippen LogP contribution in [0.1, 0.15) is 11.3 Å². The van der Waals surface area contributed by atoms with Gasteiger partial charge in [0.1, 0.15) is 11.5 Å². The summed E-state index contributed by atoms with van der Waals surface area (Å²) in [5.74, 6) is -0.296. The third-order valence-corrected chi connectivity index (χ3v) is 3.20. The SMILES string of the molecule is Cc1ccc(-c2nc3ccc(F)cn3c2CN)cc1. The Bertz CT molecular complexity index is 729. The average Bonchev–Trinajstić information content (AvgIpc) is 2.77. The Morgan fingerprint density at radius 2 is 1.89 bits per heavy atom. The third kappa shape index (κ3) is 2.00. The number of aryl methyl sites for hydroxylation is 1. The monoisotopic (exact) mass is 255 g/mol. The van der Waals surface area contributed by atoms with Crippen molar-refractivity contribution in [1.82, 2.24) is 9.38 Å². The first-order valence-corrected chi connectivity index (χ1v) is 6.12. The summed E-state index contributed by atoms with van der Waals surface area (Å²) in [6.45, 7) is 2.35. The number of pyridine rings is 1. The number of rotatable bonds is 2. The summed E-state index contributed by atoms with van der Waals surface area (Å²) in [4.78, 5) is 4.54. The Kier molecular flexibility index (Phi) is 2.80. The summed E-state index contributed by atoms with van der Waals surface area (Å²) in [6.07, 6.45) is 1.42. The molecule has 0 aliphatic heterocycles. The zero-order valence-corrected chi connectivity index (χ0v) is 10.6. The lowest BCUT2D eigenvalue weighted by molar-refractivity contribution is 0.618. The summed E-state index contributed by atoms with van der Waals surface area (Å²) < 4.78 is 15.0. The van der Waals surface area contributed by atoms with E-state index >= 15 is 0 Å². The van der Waals surface area contributed by atoms with E-state index in [1.165, 1.54) is 17.8 Å². The minimum Gasteiger partial charge on any atom is -0.325 e. The average molecular weight is 255 g/mol. The van der Waals surface area contributed by atoms with Crippen molar-refractivity contribution in [2.75, 3.05) is 0 Å². The standard InChI is InChI=1S/C15H14FN3/c1-10-2-4-11(5-3-10)15-13(8-17)19-9-12(16)6-7-14(19)18-15/h2-7,9H,8,17H2,1H3. The first-order valence-electron chi connectivity index (χ1n) is 6.12. The molecule has 3 aromatic rings. The van der Waals surface area contributed by atoms with Crippen LogP contribution in [0.3, 0.4) is 0 Å². The van der Waals surface area contributed by atoms with E-state index < -0.39 is 0 Å². The summed E-state index contributed by atoms with van der Waals surface area (Å²) >= 11 is 0. The summed E-state index contributed by atoms with van der Waals surface area (Å²) in [5.41, 5.74) is 10.3. The summed E-state index contributed by atoms with van der Waals surface area (Å²) in [7, 11) is 0. The van der Waals surface area contributed by atoms with Crippen molar-refractivity contribution in [1.29, 1.82) is 0 Å². The zero-order chi connectivity index (χ0) is 13.4. The molecule has 0 fully saturated rings. The summed E-state index contributed by atoms with van der Waals surface area (Å²) in [6, 6.07) is 11.1. The van der Waals surface area contributed by atoms with Crippen molar-refractivity contribution in [2.24, 2.45) is 5.73 Å². The Labute approximate surface area is 110 Å². The molecule has 0 aliphatic rings. The van der Waals surface area contributed by atoms with Gasteiger partial charge in [-0.2, -0.15) is 0 Å². The highest BCUT2D eigenvalue weighted by atomic mass is 19.1. The molecule has 3 nitrogen and oxygen atoms in total. The molecule has 0 aliphatic carbocycles. The van der Waals surface area contributed by atoms with Gasteiger partial charge < -0.3 is 5.73 Å². The fourth-order valence-electron chi connectivity index (χ4n) is 2.21. The van der Waals surface area contributed by atoms with Crippen molar-refractivity contribution in [3.8, 4) is 11.3 Å². The van der Waals surface area contributed by atoms with Crippen LogP contribution in [0.15, 0.2) is 42.6 Å². The molecule has 0 saturated heterocycles. The van der Waals surface area contributed by atoms with Gasteiger partial charge in [-0.3, -0.25) is 4.40 Å². The van der Waals surface area contributed by atoms with E-state index in [0.29, 0.717) is 12.2 Å². The molecule has 2 N–H and O–H groups in total. The minimum atomic E-state index is -0.296. The second-order valence-corrected chi connectivity index (χ2v) is 4.55.